The van der Waals surface area contributed by atoms with Crippen molar-refractivity contribution in [2.45, 2.75) is 25.7 Å². The second kappa shape index (κ2) is 6.84. The molecule has 2 aromatic carbocycles. The molecular formula is C21H23N3O2. The van der Waals surface area contributed by atoms with E-state index in [0.29, 0.717) is 17.2 Å². The number of aryl methyl sites for hydroxylation is 1. The molecule has 0 unspecified atom stereocenters. The van der Waals surface area contributed by atoms with E-state index in [1.54, 1.807) is 6.07 Å². The van der Waals surface area contributed by atoms with E-state index in [0.717, 1.165) is 42.6 Å². The van der Waals surface area contributed by atoms with Gasteiger partial charge in [-0.15, -0.1) is 0 Å². The van der Waals surface area contributed by atoms with E-state index >= 15 is 0 Å². The number of aromatic amines is 1. The van der Waals surface area contributed by atoms with Gasteiger partial charge in [0.25, 0.3) is 5.91 Å². The van der Waals surface area contributed by atoms with E-state index in [9.17, 15) is 4.79 Å². The van der Waals surface area contributed by atoms with Gasteiger partial charge in [-0.25, -0.2) is 0 Å². The second-order valence-electron chi connectivity index (χ2n) is 6.94. The Morgan fingerprint density at radius 3 is 2.54 bits per heavy atom. The highest BCUT2D eigenvalue weighted by Crippen LogP contribution is 2.36. The highest BCUT2D eigenvalue weighted by Gasteiger charge is 2.21. The van der Waals surface area contributed by atoms with Gasteiger partial charge in [0, 0.05) is 11.6 Å². The standard InChI is InChI=1S/C21H23N3O2/c1-13-2-4-15(5-3-13)26-16-10-17-19(14-6-8-23-9-7-14)12-24-20(17)18(11-16)21(22)25/h2-5,10-12,14,23-24H,6-9H2,1H3,(H2,22,25). The van der Waals surface area contributed by atoms with Crippen LogP contribution in [0.5, 0.6) is 11.5 Å². The fraction of sp³-hybridized carbons (Fsp3) is 0.286. The zero-order valence-electron chi connectivity index (χ0n) is 14.8. The Bertz CT molecular complexity index is 938. The number of hydrogen-bond donors (Lipinski definition) is 3. The third-order valence-corrected chi connectivity index (χ3v) is 5.10. The Morgan fingerprint density at radius 1 is 1.12 bits per heavy atom. The predicted molar refractivity (Wildman–Crippen MR) is 103 cm³/mol. The third-order valence-electron chi connectivity index (χ3n) is 5.10. The summed E-state index contributed by atoms with van der Waals surface area (Å²) >= 11 is 0. The molecule has 1 aliphatic heterocycles. The normalized spacial score (nSPS) is 15.3. The fourth-order valence-electron chi connectivity index (χ4n) is 3.69. The molecule has 1 saturated heterocycles. The number of nitrogens with two attached hydrogens (primary N) is 1. The van der Waals surface area contributed by atoms with Crippen molar-refractivity contribution in [2.75, 3.05) is 13.1 Å². The molecule has 0 aliphatic carbocycles. The number of nitrogens with one attached hydrogen (secondary N) is 2. The van der Waals surface area contributed by atoms with E-state index < -0.39 is 5.91 Å². The lowest BCUT2D eigenvalue weighted by Gasteiger charge is -2.22. The van der Waals surface area contributed by atoms with Gasteiger partial charge < -0.3 is 20.8 Å². The highest BCUT2D eigenvalue weighted by molar-refractivity contribution is 6.06. The first-order valence-corrected chi connectivity index (χ1v) is 9.02. The molecule has 1 fully saturated rings. The van der Waals surface area contributed by atoms with E-state index in [-0.39, 0.29) is 0 Å². The minimum atomic E-state index is -0.455. The van der Waals surface area contributed by atoms with Crippen molar-refractivity contribution < 1.29 is 9.53 Å². The second-order valence-corrected chi connectivity index (χ2v) is 6.94. The molecule has 0 spiro atoms. The van der Waals surface area contributed by atoms with E-state index in [4.69, 9.17) is 10.5 Å². The van der Waals surface area contributed by atoms with Crippen molar-refractivity contribution >= 4 is 16.8 Å². The van der Waals surface area contributed by atoms with E-state index in [2.05, 4.69) is 10.3 Å². The van der Waals surface area contributed by atoms with Gasteiger partial charge in [-0.2, -0.15) is 0 Å². The Hall–Kier alpha value is -2.79. The van der Waals surface area contributed by atoms with E-state index in [1.807, 2.05) is 43.5 Å². The molecule has 0 saturated carbocycles. The van der Waals surface area contributed by atoms with Crippen LogP contribution < -0.4 is 15.8 Å². The minimum Gasteiger partial charge on any atom is -0.457 e. The monoisotopic (exact) mass is 349 g/mol. The number of benzene rings is 2. The summed E-state index contributed by atoms with van der Waals surface area (Å²) in [6.45, 7) is 4.06. The number of ether oxygens (including phenoxy) is 1. The number of H-pyrrole nitrogens is 1. The molecule has 26 heavy (non-hydrogen) atoms. The molecule has 3 aromatic rings. The van der Waals surface area contributed by atoms with Gasteiger partial charge in [-0.1, -0.05) is 17.7 Å². The lowest BCUT2D eigenvalue weighted by Crippen LogP contribution is -2.26. The summed E-state index contributed by atoms with van der Waals surface area (Å²) in [6, 6.07) is 11.6. The van der Waals surface area contributed by atoms with E-state index in [1.165, 1.54) is 11.1 Å². The van der Waals surface area contributed by atoms with Crippen LogP contribution >= 0.6 is 0 Å². The molecule has 1 amide bonds. The quantitative estimate of drug-likeness (QED) is 0.669. The summed E-state index contributed by atoms with van der Waals surface area (Å²) in [6.07, 6.45) is 4.19. The number of hydrogen-bond acceptors (Lipinski definition) is 3. The van der Waals surface area contributed by atoms with Gasteiger partial charge in [0.05, 0.1) is 11.1 Å². The first kappa shape index (κ1) is 16.7. The van der Waals surface area contributed by atoms with Crippen LogP contribution in [0.1, 0.15) is 40.2 Å². The van der Waals surface area contributed by atoms with Crippen molar-refractivity contribution in [3.63, 3.8) is 0 Å². The lowest BCUT2D eigenvalue weighted by molar-refractivity contribution is 0.100. The number of piperidine rings is 1. The van der Waals surface area contributed by atoms with Gasteiger partial charge >= 0.3 is 0 Å². The van der Waals surface area contributed by atoms with Crippen LogP contribution in [0.2, 0.25) is 0 Å². The van der Waals surface area contributed by atoms with Gasteiger partial charge in [0.1, 0.15) is 11.5 Å². The summed E-state index contributed by atoms with van der Waals surface area (Å²) < 4.78 is 6.01. The largest absolute Gasteiger partial charge is 0.457 e. The molecule has 4 N–H and O–H groups in total. The summed E-state index contributed by atoms with van der Waals surface area (Å²) in [5.74, 6) is 1.39. The number of fused-ring (bicyclic) bond motifs is 1. The summed E-state index contributed by atoms with van der Waals surface area (Å²) in [5, 5.41) is 4.42. The van der Waals surface area contributed by atoms with Crippen molar-refractivity contribution in [1.82, 2.24) is 10.3 Å². The van der Waals surface area contributed by atoms with Crippen molar-refractivity contribution in [1.29, 1.82) is 0 Å². The number of primary amides is 1. The summed E-state index contributed by atoms with van der Waals surface area (Å²) in [7, 11) is 0. The van der Waals surface area contributed by atoms with Crippen molar-refractivity contribution in [3.05, 3.63) is 59.3 Å². The van der Waals surface area contributed by atoms with Crippen LogP contribution in [-0.2, 0) is 0 Å². The molecule has 0 atom stereocenters. The Balaban J connectivity index is 1.77. The maximum atomic E-state index is 12.0. The van der Waals surface area contributed by atoms with Crippen LogP contribution in [0, 0.1) is 6.92 Å². The third kappa shape index (κ3) is 3.18. The number of aromatic nitrogens is 1. The highest BCUT2D eigenvalue weighted by atomic mass is 16.5. The zero-order valence-corrected chi connectivity index (χ0v) is 14.8. The molecule has 134 valence electrons. The van der Waals surface area contributed by atoms with Crippen LogP contribution in [0.4, 0.5) is 0 Å². The average Bonchev–Trinajstić information content (AvgIpc) is 3.07. The maximum Gasteiger partial charge on any atom is 0.250 e. The molecule has 5 heteroatoms. The Morgan fingerprint density at radius 2 is 1.85 bits per heavy atom. The topological polar surface area (TPSA) is 80.1 Å². The predicted octanol–water partition coefficient (Wildman–Crippen LogP) is 3.83. The van der Waals surface area contributed by atoms with Crippen molar-refractivity contribution in [2.24, 2.45) is 5.73 Å². The van der Waals surface area contributed by atoms with Crippen LogP contribution in [-0.4, -0.2) is 24.0 Å². The molecule has 0 radical (unpaired) electrons. The minimum absolute atomic E-state index is 0.455. The summed E-state index contributed by atoms with van der Waals surface area (Å²) in [5.41, 5.74) is 9.29. The van der Waals surface area contributed by atoms with Crippen LogP contribution in [0.15, 0.2) is 42.6 Å². The van der Waals surface area contributed by atoms with Crippen LogP contribution in [0.3, 0.4) is 0 Å². The molecular weight excluding hydrogens is 326 g/mol. The molecule has 1 aliphatic rings. The maximum absolute atomic E-state index is 12.0. The lowest BCUT2D eigenvalue weighted by atomic mass is 9.89. The van der Waals surface area contributed by atoms with Crippen molar-refractivity contribution in [3.8, 4) is 11.5 Å². The summed E-state index contributed by atoms with van der Waals surface area (Å²) in [4.78, 5) is 15.2. The number of carbonyl (C=O) groups excluding carboxylic acids is 1. The van der Waals surface area contributed by atoms with Gasteiger partial charge in [-0.3, -0.25) is 4.79 Å². The number of amides is 1. The zero-order chi connectivity index (χ0) is 18.1. The first-order chi connectivity index (χ1) is 12.6. The number of carbonyl (C=O) groups is 1. The first-order valence-electron chi connectivity index (χ1n) is 9.02. The molecule has 2 heterocycles. The molecule has 5 nitrogen and oxygen atoms in total. The molecule has 1 aromatic heterocycles. The Labute approximate surface area is 152 Å². The van der Waals surface area contributed by atoms with Crippen LogP contribution in [0.25, 0.3) is 10.9 Å². The SMILES string of the molecule is Cc1ccc(Oc2cc(C(N)=O)c3[nH]cc(C4CCNCC4)c3c2)cc1. The fourth-order valence-corrected chi connectivity index (χ4v) is 3.69. The molecule has 4 rings (SSSR count). The van der Waals surface area contributed by atoms with Gasteiger partial charge in [-0.05, 0) is 68.6 Å². The van der Waals surface area contributed by atoms with Gasteiger partial charge in [0.2, 0.25) is 0 Å². The molecule has 0 bridgehead atoms. The average molecular weight is 349 g/mol. The van der Waals surface area contributed by atoms with Gasteiger partial charge in [0.15, 0.2) is 0 Å². The number of rotatable bonds is 4. The smallest absolute Gasteiger partial charge is 0.250 e. The Kier molecular flexibility index (Phi) is 4.39.